The standard InChI is InChI=1S/C17H12F3N3O2/c18-17(19,20)13-5-1-4-11-14(12(16(24)25)9-23-15(11)13)22-8-10-3-2-6-21-7-10/h1-7,9H,8H2,(H,22,23)(H,24,25)/p-1. The highest BCUT2D eigenvalue weighted by Crippen LogP contribution is 2.36. The largest absolute Gasteiger partial charge is 0.545 e. The van der Waals surface area contributed by atoms with Gasteiger partial charge in [-0.3, -0.25) is 9.97 Å². The first-order chi connectivity index (χ1) is 11.9. The van der Waals surface area contributed by atoms with Crippen LogP contribution in [-0.2, 0) is 12.7 Å². The van der Waals surface area contributed by atoms with E-state index in [9.17, 15) is 23.1 Å². The maximum Gasteiger partial charge on any atom is 0.418 e. The molecule has 0 unspecified atom stereocenters. The van der Waals surface area contributed by atoms with Gasteiger partial charge in [0.1, 0.15) is 0 Å². The molecular formula is C17H11F3N3O2-. The summed E-state index contributed by atoms with van der Waals surface area (Å²) in [6, 6.07) is 6.95. The number of carboxylic acid groups (broad SMARTS) is 1. The maximum atomic E-state index is 13.2. The van der Waals surface area contributed by atoms with Gasteiger partial charge in [0.15, 0.2) is 0 Å². The Kier molecular flexibility index (Phi) is 4.26. The van der Waals surface area contributed by atoms with Gasteiger partial charge < -0.3 is 15.2 Å². The summed E-state index contributed by atoms with van der Waals surface area (Å²) in [6.45, 7) is 0.184. The van der Waals surface area contributed by atoms with Crippen molar-refractivity contribution in [1.82, 2.24) is 9.97 Å². The number of hydrogen-bond acceptors (Lipinski definition) is 5. The van der Waals surface area contributed by atoms with Crippen LogP contribution in [0.4, 0.5) is 18.9 Å². The lowest BCUT2D eigenvalue weighted by Gasteiger charge is -2.17. The second-order valence-corrected chi connectivity index (χ2v) is 5.25. The molecule has 0 bridgehead atoms. The summed E-state index contributed by atoms with van der Waals surface area (Å²) < 4.78 is 39.5. The van der Waals surface area contributed by atoms with Crippen molar-refractivity contribution in [2.75, 3.05) is 5.32 Å². The summed E-state index contributed by atoms with van der Waals surface area (Å²) in [5.41, 5.74) is -0.799. The number of anilines is 1. The van der Waals surface area contributed by atoms with Gasteiger partial charge in [-0.15, -0.1) is 0 Å². The van der Waals surface area contributed by atoms with Crippen LogP contribution in [0.3, 0.4) is 0 Å². The van der Waals surface area contributed by atoms with Crippen molar-refractivity contribution in [3.8, 4) is 0 Å². The minimum Gasteiger partial charge on any atom is -0.545 e. The van der Waals surface area contributed by atoms with Gasteiger partial charge in [-0.25, -0.2) is 0 Å². The molecule has 0 aliphatic carbocycles. The molecule has 8 heteroatoms. The number of carboxylic acids is 1. The lowest BCUT2D eigenvalue weighted by Crippen LogP contribution is -2.24. The van der Waals surface area contributed by atoms with Gasteiger partial charge in [-0.1, -0.05) is 18.2 Å². The van der Waals surface area contributed by atoms with E-state index in [0.29, 0.717) is 0 Å². The highest BCUT2D eigenvalue weighted by Gasteiger charge is 2.33. The molecule has 0 aliphatic rings. The lowest BCUT2D eigenvalue weighted by molar-refractivity contribution is -0.254. The minimum absolute atomic E-state index is 0.0277. The number of nitrogens with one attached hydrogen (secondary N) is 1. The van der Waals surface area contributed by atoms with E-state index in [4.69, 9.17) is 0 Å². The zero-order valence-electron chi connectivity index (χ0n) is 12.7. The van der Waals surface area contributed by atoms with Crippen molar-refractivity contribution in [1.29, 1.82) is 0 Å². The average Bonchev–Trinajstić information content (AvgIpc) is 2.58. The predicted octanol–water partition coefficient (Wildman–Crippen LogP) is 2.62. The van der Waals surface area contributed by atoms with E-state index in [1.165, 1.54) is 12.1 Å². The number of fused-ring (bicyclic) bond motifs is 1. The molecule has 25 heavy (non-hydrogen) atoms. The molecule has 2 heterocycles. The number of hydrogen-bond donors (Lipinski definition) is 1. The number of halogens is 3. The third-order valence-electron chi connectivity index (χ3n) is 3.61. The number of para-hydroxylation sites is 1. The second-order valence-electron chi connectivity index (χ2n) is 5.25. The molecule has 0 spiro atoms. The summed E-state index contributed by atoms with van der Waals surface area (Å²) in [7, 11) is 0. The van der Waals surface area contributed by atoms with Crippen molar-refractivity contribution in [2.24, 2.45) is 0 Å². The number of aromatic nitrogens is 2. The van der Waals surface area contributed by atoms with E-state index < -0.39 is 17.7 Å². The number of benzene rings is 1. The highest BCUT2D eigenvalue weighted by atomic mass is 19.4. The SMILES string of the molecule is O=C([O-])c1cnc2c(C(F)(F)F)cccc2c1NCc1cccnc1. The molecule has 0 saturated heterocycles. The maximum absolute atomic E-state index is 13.2. The zero-order valence-corrected chi connectivity index (χ0v) is 12.7. The average molecular weight is 346 g/mol. The Hall–Kier alpha value is -3.16. The molecular weight excluding hydrogens is 335 g/mol. The third kappa shape index (κ3) is 3.37. The van der Waals surface area contributed by atoms with Gasteiger partial charge in [0.05, 0.1) is 22.7 Å². The number of rotatable bonds is 4. The first-order valence-electron chi connectivity index (χ1n) is 7.21. The van der Waals surface area contributed by atoms with Crippen molar-refractivity contribution in [2.45, 2.75) is 12.7 Å². The number of carbonyl (C=O) groups is 1. The quantitative estimate of drug-likeness (QED) is 0.786. The van der Waals surface area contributed by atoms with Gasteiger partial charge in [-0.05, 0) is 17.7 Å². The summed E-state index contributed by atoms with van der Waals surface area (Å²) >= 11 is 0. The van der Waals surface area contributed by atoms with E-state index in [1.54, 1.807) is 24.5 Å². The third-order valence-corrected chi connectivity index (χ3v) is 3.61. The van der Waals surface area contributed by atoms with E-state index >= 15 is 0 Å². The first kappa shape index (κ1) is 16.7. The minimum atomic E-state index is -4.60. The smallest absolute Gasteiger partial charge is 0.418 e. The molecule has 0 radical (unpaired) electrons. The van der Waals surface area contributed by atoms with Crippen molar-refractivity contribution >= 4 is 22.6 Å². The van der Waals surface area contributed by atoms with Crippen LogP contribution in [0.1, 0.15) is 21.5 Å². The molecule has 0 atom stereocenters. The van der Waals surface area contributed by atoms with Gasteiger partial charge in [0, 0.05) is 36.1 Å². The van der Waals surface area contributed by atoms with Gasteiger partial charge >= 0.3 is 6.18 Å². The van der Waals surface area contributed by atoms with Crippen LogP contribution in [0.5, 0.6) is 0 Å². The fourth-order valence-electron chi connectivity index (χ4n) is 2.49. The fourth-order valence-corrected chi connectivity index (χ4v) is 2.49. The van der Waals surface area contributed by atoms with Crippen molar-refractivity contribution < 1.29 is 23.1 Å². The topological polar surface area (TPSA) is 77.9 Å². The van der Waals surface area contributed by atoms with Crippen LogP contribution in [0, 0.1) is 0 Å². The molecule has 0 saturated carbocycles. The molecule has 0 fully saturated rings. The van der Waals surface area contributed by atoms with Crippen molar-refractivity contribution in [3.63, 3.8) is 0 Å². The first-order valence-corrected chi connectivity index (χ1v) is 7.21. The molecule has 1 aromatic carbocycles. The number of alkyl halides is 3. The lowest BCUT2D eigenvalue weighted by atomic mass is 10.0. The van der Waals surface area contributed by atoms with Crippen LogP contribution >= 0.6 is 0 Å². The molecule has 5 nitrogen and oxygen atoms in total. The van der Waals surface area contributed by atoms with E-state index in [0.717, 1.165) is 17.8 Å². The predicted molar refractivity (Wildman–Crippen MR) is 82.6 cm³/mol. The normalized spacial score (nSPS) is 11.5. The van der Waals surface area contributed by atoms with E-state index in [-0.39, 0.29) is 28.7 Å². The molecule has 3 aromatic rings. The van der Waals surface area contributed by atoms with Crippen LogP contribution in [-0.4, -0.2) is 15.9 Å². The monoisotopic (exact) mass is 346 g/mol. The van der Waals surface area contributed by atoms with Gasteiger partial charge in [0.2, 0.25) is 0 Å². The summed E-state index contributed by atoms with van der Waals surface area (Å²) in [6.07, 6.45) is -0.585. The Morgan fingerprint density at radius 1 is 1.16 bits per heavy atom. The molecule has 0 aliphatic heterocycles. The molecule has 3 rings (SSSR count). The second kappa shape index (κ2) is 6.39. The van der Waals surface area contributed by atoms with Crippen LogP contribution in [0.15, 0.2) is 48.9 Å². The Morgan fingerprint density at radius 3 is 2.60 bits per heavy atom. The van der Waals surface area contributed by atoms with Crippen LogP contribution in [0.25, 0.3) is 10.9 Å². The van der Waals surface area contributed by atoms with Gasteiger partial charge in [0.25, 0.3) is 0 Å². The number of carbonyl (C=O) groups excluding carboxylic acids is 1. The Balaban J connectivity index is 2.13. The Bertz CT molecular complexity index is 928. The Morgan fingerprint density at radius 2 is 1.96 bits per heavy atom. The van der Waals surface area contributed by atoms with Crippen LogP contribution < -0.4 is 10.4 Å². The highest BCUT2D eigenvalue weighted by molar-refractivity contribution is 6.04. The molecule has 0 amide bonds. The Labute approximate surface area is 140 Å². The van der Waals surface area contributed by atoms with Crippen molar-refractivity contribution in [3.05, 3.63) is 65.6 Å². The summed E-state index contributed by atoms with van der Waals surface area (Å²) in [5.74, 6) is -1.53. The number of nitrogens with zero attached hydrogens (tertiary/aromatic N) is 2. The summed E-state index contributed by atoms with van der Waals surface area (Å²) in [5, 5.41) is 14.3. The number of pyridine rings is 2. The van der Waals surface area contributed by atoms with E-state index in [2.05, 4.69) is 15.3 Å². The van der Waals surface area contributed by atoms with Crippen LogP contribution in [0.2, 0.25) is 0 Å². The van der Waals surface area contributed by atoms with E-state index in [1.807, 2.05) is 0 Å². The molecule has 1 N–H and O–H groups in total. The fraction of sp³-hybridized carbons (Fsp3) is 0.118. The molecule has 128 valence electrons. The number of aromatic carboxylic acids is 1. The zero-order chi connectivity index (χ0) is 18.0. The van der Waals surface area contributed by atoms with Gasteiger partial charge in [-0.2, -0.15) is 13.2 Å². The molecule has 2 aromatic heterocycles. The summed E-state index contributed by atoms with van der Waals surface area (Å²) in [4.78, 5) is 19.0.